The van der Waals surface area contributed by atoms with Crippen LogP contribution < -0.4 is 10.1 Å². The molecule has 28 heavy (non-hydrogen) atoms. The van der Waals surface area contributed by atoms with Crippen LogP contribution in [0.3, 0.4) is 0 Å². The monoisotopic (exact) mass is 372 g/mol. The molecule has 0 spiro atoms. The van der Waals surface area contributed by atoms with Gasteiger partial charge >= 0.3 is 0 Å². The largest absolute Gasteiger partial charge is 0.457 e. The van der Waals surface area contributed by atoms with Gasteiger partial charge in [-0.15, -0.1) is 0 Å². The molecule has 7 heteroatoms. The molecular weight excluding hydrogens is 356 g/mol. The van der Waals surface area contributed by atoms with Gasteiger partial charge in [-0.3, -0.25) is 9.78 Å². The standard InChI is InChI=1S/C21H16N4O3/c26-21(16-5-4-8-18(13-16)27-17-6-2-1-3-7-17)23-14-19-24-20(25-28-19)15-9-11-22-12-10-15/h1-13H,14H2,(H,23,26). The first-order chi connectivity index (χ1) is 13.8. The number of para-hydroxylation sites is 1. The van der Waals surface area contributed by atoms with E-state index in [1.54, 1.807) is 48.8 Å². The summed E-state index contributed by atoms with van der Waals surface area (Å²) in [6, 6.07) is 19.9. The SMILES string of the molecule is O=C(NCc1nc(-c2ccncc2)no1)c1cccc(Oc2ccccc2)c1. The molecule has 0 radical (unpaired) electrons. The zero-order valence-corrected chi connectivity index (χ0v) is 14.8. The number of rotatable bonds is 6. The fourth-order valence-corrected chi connectivity index (χ4v) is 2.53. The minimum atomic E-state index is -0.262. The summed E-state index contributed by atoms with van der Waals surface area (Å²) in [4.78, 5) is 20.7. The average molecular weight is 372 g/mol. The van der Waals surface area contributed by atoms with Gasteiger partial charge in [0.15, 0.2) is 0 Å². The molecule has 0 saturated heterocycles. The number of aromatic nitrogens is 3. The van der Waals surface area contributed by atoms with Gasteiger partial charge in [0.25, 0.3) is 5.91 Å². The second kappa shape index (κ2) is 8.13. The molecular formula is C21H16N4O3. The number of pyridine rings is 1. The zero-order chi connectivity index (χ0) is 19.2. The number of benzene rings is 2. The van der Waals surface area contributed by atoms with Gasteiger partial charge in [0.05, 0.1) is 6.54 Å². The second-order valence-corrected chi connectivity index (χ2v) is 5.87. The van der Waals surface area contributed by atoms with Crippen LogP contribution in [0.15, 0.2) is 83.6 Å². The van der Waals surface area contributed by atoms with Crippen molar-refractivity contribution in [2.24, 2.45) is 0 Å². The average Bonchev–Trinajstić information content (AvgIpc) is 3.23. The molecule has 138 valence electrons. The summed E-state index contributed by atoms with van der Waals surface area (Å²) in [6.07, 6.45) is 3.30. The molecule has 0 aliphatic rings. The van der Waals surface area contributed by atoms with Crippen molar-refractivity contribution in [3.63, 3.8) is 0 Å². The van der Waals surface area contributed by atoms with E-state index in [0.29, 0.717) is 28.8 Å². The summed E-state index contributed by atoms with van der Waals surface area (Å²) >= 11 is 0. The predicted octanol–water partition coefficient (Wildman–Crippen LogP) is 3.85. The molecule has 2 aromatic heterocycles. The summed E-state index contributed by atoms with van der Waals surface area (Å²) in [5.74, 6) is 1.79. The quantitative estimate of drug-likeness (QED) is 0.553. The summed E-state index contributed by atoms with van der Waals surface area (Å²) in [6.45, 7) is 0.126. The maximum atomic E-state index is 12.4. The van der Waals surface area contributed by atoms with Crippen molar-refractivity contribution in [3.05, 3.63) is 90.6 Å². The van der Waals surface area contributed by atoms with Crippen LogP contribution >= 0.6 is 0 Å². The highest BCUT2D eigenvalue weighted by molar-refractivity contribution is 5.94. The van der Waals surface area contributed by atoms with E-state index in [9.17, 15) is 4.79 Å². The number of carbonyl (C=O) groups excluding carboxylic acids is 1. The van der Waals surface area contributed by atoms with Gasteiger partial charge in [0, 0.05) is 23.5 Å². The van der Waals surface area contributed by atoms with E-state index in [2.05, 4.69) is 20.4 Å². The third-order valence-corrected chi connectivity index (χ3v) is 3.88. The molecule has 1 N–H and O–H groups in total. The van der Waals surface area contributed by atoms with Crippen molar-refractivity contribution >= 4 is 5.91 Å². The summed E-state index contributed by atoms with van der Waals surface area (Å²) in [7, 11) is 0. The van der Waals surface area contributed by atoms with Gasteiger partial charge in [0.2, 0.25) is 11.7 Å². The Morgan fingerprint density at radius 3 is 2.57 bits per heavy atom. The van der Waals surface area contributed by atoms with Crippen molar-refractivity contribution in [1.29, 1.82) is 0 Å². The summed E-state index contributed by atoms with van der Waals surface area (Å²) < 4.78 is 10.9. The van der Waals surface area contributed by atoms with Crippen molar-refractivity contribution in [2.75, 3.05) is 0 Å². The van der Waals surface area contributed by atoms with E-state index in [1.165, 1.54) is 0 Å². The number of ether oxygens (including phenoxy) is 1. The number of nitrogens with zero attached hydrogens (tertiary/aromatic N) is 3. The van der Waals surface area contributed by atoms with Crippen LogP contribution in [-0.4, -0.2) is 21.0 Å². The lowest BCUT2D eigenvalue weighted by atomic mass is 10.2. The fraction of sp³-hybridized carbons (Fsp3) is 0.0476. The number of nitrogens with one attached hydrogen (secondary N) is 1. The Bertz CT molecular complexity index is 1070. The van der Waals surface area contributed by atoms with Crippen LogP contribution in [0.1, 0.15) is 16.2 Å². The van der Waals surface area contributed by atoms with Crippen molar-refractivity contribution < 1.29 is 14.1 Å². The molecule has 1 amide bonds. The first kappa shape index (κ1) is 17.4. The van der Waals surface area contributed by atoms with Crippen molar-refractivity contribution in [1.82, 2.24) is 20.4 Å². The van der Waals surface area contributed by atoms with Crippen LogP contribution in [0.5, 0.6) is 11.5 Å². The number of carbonyl (C=O) groups is 1. The van der Waals surface area contributed by atoms with Crippen LogP contribution in [0.4, 0.5) is 0 Å². The van der Waals surface area contributed by atoms with Crippen molar-refractivity contribution in [3.8, 4) is 22.9 Å². The van der Waals surface area contributed by atoms with Crippen LogP contribution in [0, 0.1) is 0 Å². The van der Waals surface area contributed by atoms with Gasteiger partial charge < -0.3 is 14.6 Å². The summed E-state index contributed by atoms with van der Waals surface area (Å²) in [5.41, 5.74) is 1.27. The molecule has 7 nitrogen and oxygen atoms in total. The lowest BCUT2D eigenvalue weighted by Gasteiger charge is -2.07. The predicted molar refractivity (Wildman–Crippen MR) is 102 cm³/mol. The summed E-state index contributed by atoms with van der Waals surface area (Å²) in [5, 5.41) is 6.68. The smallest absolute Gasteiger partial charge is 0.251 e. The van der Waals surface area contributed by atoms with E-state index in [-0.39, 0.29) is 12.5 Å². The van der Waals surface area contributed by atoms with E-state index >= 15 is 0 Å². The van der Waals surface area contributed by atoms with Crippen LogP contribution in [0.2, 0.25) is 0 Å². The van der Waals surface area contributed by atoms with Gasteiger partial charge in [-0.25, -0.2) is 0 Å². The molecule has 0 atom stereocenters. The molecule has 2 aromatic carbocycles. The highest BCUT2D eigenvalue weighted by Gasteiger charge is 2.11. The number of amides is 1. The van der Waals surface area contributed by atoms with Gasteiger partial charge in [-0.1, -0.05) is 29.4 Å². The Balaban J connectivity index is 1.39. The zero-order valence-electron chi connectivity index (χ0n) is 14.8. The van der Waals surface area contributed by atoms with E-state index in [0.717, 1.165) is 5.56 Å². The van der Waals surface area contributed by atoms with Gasteiger partial charge in [-0.2, -0.15) is 4.98 Å². The molecule has 0 unspecified atom stereocenters. The number of hydrogen-bond donors (Lipinski definition) is 1. The van der Waals surface area contributed by atoms with Gasteiger partial charge in [-0.05, 0) is 42.5 Å². The normalized spacial score (nSPS) is 10.4. The van der Waals surface area contributed by atoms with Crippen molar-refractivity contribution in [2.45, 2.75) is 6.54 Å². The highest BCUT2D eigenvalue weighted by atomic mass is 16.5. The lowest BCUT2D eigenvalue weighted by molar-refractivity contribution is 0.0946. The maximum absolute atomic E-state index is 12.4. The highest BCUT2D eigenvalue weighted by Crippen LogP contribution is 2.22. The number of hydrogen-bond acceptors (Lipinski definition) is 6. The molecule has 0 saturated carbocycles. The Hall–Kier alpha value is -4.00. The fourth-order valence-electron chi connectivity index (χ4n) is 2.53. The Kier molecular flexibility index (Phi) is 5.06. The molecule has 4 aromatic rings. The molecule has 4 rings (SSSR count). The van der Waals surface area contributed by atoms with Crippen LogP contribution in [0.25, 0.3) is 11.4 Å². The minimum absolute atomic E-state index is 0.126. The molecule has 0 bridgehead atoms. The second-order valence-electron chi connectivity index (χ2n) is 5.87. The first-order valence-corrected chi connectivity index (χ1v) is 8.62. The minimum Gasteiger partial charge on any atom is -0.457 e. The lowest BCUT2D eigenvalue weighted by Crippen LogP contribution is -2.22. The Morgan fingerprint density at radius 2 is 1.75 bits per heavy atom. The maximum Gasteiger partial charge on any atom is 0.251 e. The van der Waals surface area contributed by atoms with Gasteiger partial charge in [0.1, 0.15) is 11.5 Å². The molecule has 2 heterocycles. The van der Waals surface area contributed by atoms with Crippen LogP contribution in [-0.2, 0) is 6.54 Å². The van der Waals surface area contributed by atoms with E-state index < -0.39 is 0 Å². The van der Waals surface area contributed by atoms with E-state index in [1.807, 2.05) is 30.3 Å². The molecule has 0 aliphatic carbocycles. The topological polar surface area (TPSA) is 90.1 Å². The molecule has 0 aliphatic heterocycles. The first-order valence-electron chi connectivity index (χ1n) is 8.62. The molecule has 0 fully saturated rings. The third kappa shape index (κ3) is 4.21. The Morgan fingerprint density at radius 1 is 0.964 bits per heavy atom. The third-order valence-electron chi connectivity index (χ3n) is 3.88. The van der Waals surface area contributed by atoms with E-state index in [4.69, 9.17) is 9.26 Å². The Labute approximate surface area is 161 Å².